The highest BCUT2D eigenvalue weighted by atomic mass is 35.5. The van der Waals surface area contributed by atoms with Crippen LogP contribution in [0.3, 0.4) is 0 Å². The number of nitrogens with zero attached hydrogens (tertiary/aromatic N) is 3. The molecule has 0 N–H and O–H groups in total. The summed E-state index contributed by atoms with van der Waals surface area (Å²) in [6, 6.07) is 7.15. The van der Waals surface area contributed by atoms with Crippen LogP contribution in [0, 0.1) is 0 Å². The van der Waals surface area contributed by atoms with Gasteiger partial charge in [-0.05, 0) is 38.1 Å². The molecule has 1 aliphatic heterocycles. The first-order chi connectivity index (χ1) is 14.4. The van der Waals surface area contributed by atoms with Crippen LogP contribution in [0.15, 0.2) is 24.3 Å². The summed E-state index contributed by atoms with van der Waals surface area (Å²) < 4.78 is 11.8. The molecule has 0 spiro atoms. The van der Waals surface area contributed by atoms with Gasteiger partial charge in [-0.1, -0.05) is 11.6 Å². The Morgan fingerprint density at radius 1 is 1.07 bits per heavy atom. The van der Waals surface area contributed by atoms with Gasteiger partial charge in [0.15, 0.2) is 5.69 Å². The Balaban J connectivity index is 1.86. The molecule has 2 aromatic rings. The van der Waals surface area contributed by atoms with Gasteiger partial charge in [0.1, 0.15) is 0 Å². The molecule has 9 heteroatoms. The third-order valence-electron chi connectivity index (χ3n) is 4.80. The van der Waals surface area contributed by atoms with E-state index in [4.69, 9.17) is 21.1 Å². The third-order valence-corrected chi connectivity index (χ3v) is 5.05. The lowest BCUT2D eigenvalue weighted by molar-refractivity contribution is -0.145. The molecule has 0 bridgehead atoms. The minimum Gasteiger partial charge on any atom is -0.466 e. The molecule has 0 radical (unpaired) electrons. The van der Waals surface area contributed by atoms with Gasteiger partial charge in [-0.25, -0.2) is 9.48 Å². The van der Waals surface area contributed by atoms with Crippen LogP contribution in [0.1, 0.15) is 48.4 Å². The minimum atomic E-state index is -0.526. The van der Waals surface area contributed by atoms with Gasteiger partial charge in [0.05, 0.1) is 31.0 Å². The Hall–Kier alpha value is -2.87. The highest BCUT2D eigenvalue weighted by Crippen LogP contribution is 2.27. The summed E-state index contributed by atoms with van der Waals surface area (Å²) in [7, 11) is 0. The van der Waals surface area contributed by atoms with E-state index in [-0.39, 0.29) is 44.2 Å². The Morgan fingerprint density at radius 2 is 1.77 bits per heavy atom. The van der Waals surface area contributed by atoms with Crippen LogP contribution in [0.25, 0.3) is 5.69 Å². The van der Waals surface area contributed by atoms with E-state index in [0.717, 1.165) is 11.4 Å². The number of fused-ring (bicyclic) bond motifs is 1. The molecule has 30 heavy (non-hydrogen) atoms. The first kappa shape index (κ1) is 21.8. The highest BCUT2D eigenvalue weighted by Gasteiger charge is 2.31. The van der Waals surface area contributed by atoms with E-state index < -0.39 is 11.9 Å². The quantitative estimate of drug-likeness (QED) is 0.623. The molecule has 0 unspecified atom stereocenters. The topological polar surface area (TPSA) is 90.7 Å². The lowest BCUT2D eigenvalue weighted by Gasteiger charge is -2.28. The molecule has 1 aromatic heterocycles. The standard InChI is InChI=1S/C21H24ClN3O5/c1-3-29-19(27)10-9-18(26)24-12-11-17-16(13-24)20(21(28)30-4-2)23-25(17)15-7-5-14(22)6-8-15/h5-8H,3-4,9-13H2,1-2H3. The minimum absolute atomic E-state index is 0.0325. The number of hydrogen-bond acceptors (Lipinski definition) is 6. The van der Waals surface area contributed by atoms with Crippen molar-refractivity contribution in [3.8, 4) is 5.69 Å². The Labute approximate surface area is 179 Å². The van der Waals surface area contributed by atoms with Crippen molar-refractivity contribution in [1.29, 1.82) is 0 Å². The summed E-state index contributed by atoms with van der Waals surface area (Å²) >= 11 is 5.98. The second-order valence-electron chi connectivity index (χ2n) is 6.75. The fraction of sp³-hybridized carbons (Fsp3) is 0.429. The second-order valence-corrected chi connectivity index (χ2v) is 7.19. The molecular formula is C21H24ClN3O5. The van der Waals surface area contributed by atoms with Gasteiger partial charge >= 0.3 is 11.9 Å². The number of carbonyl (C=O) groups is 3. The largest absolute Gasteiger partial charge is 0.466 e. The molecule has 0 atom stereocenters. The van der Waals surface area contributed by atoms with Crippen LogP contribution in [-0.4, -0.2) is 52.3 Å². The van der Waals surface area contributed by atoms with E-state index in [0.29, 0.717) is 23.6 Å². The SMILES string of the molecule is CCOC(=O)CCC(=O)N1CCc2c(c(C(=O)OCC)nn2-c2ccc(Cl)cc2)C1. The number of halogens is 1. The van der Waals surface area contributed by atoms with Crippen molar-refractivity contribution in [1.82, 2.24) is 14.7 Å². The van der Waals surface area contributed by atoms with Crippen molar-refractivity contribution in [3.05, 3.63) is 46.2 Å². The van der Waals surface area contributed by atoms with Gasteiger partial charge in [0, 0.05) is 36.5 Å². The second kappa shape index (κ2) is 9.75. The predicted molar refractivity (Wildman–Crippen MR) is 110 cm³/mol. The number of hydrogen-bond donors (Lipinski definition) is 0. The Kier molecular flexibility index (Phi) is 7.10. The number of amides is 1. The Bertz CT molecular complexity index is 939. The average Bonchev–Trinajstić information content (AvgIpc) is 3.12. The average molecular weight is 434 g/mol. The van der Waals surface area contributed by atoms with Crippen LogP contribution in [0.2, 0.25) is 5.02 Å². The van der Waals surface area contributed by atoms with Crippen LogP contribution in [0.5, 0.6) is 0 Å². The summed E-state index contributed by atoms with van der Waals surface area (Å²) in [6.07, 6.45) is 0.620. The molecule has 2 heterocycles. The van der Waals surface area contributed by atoms with Gasteiger partial charge in [0.2, 0.25) is 5.91 Å². The van der Waals surface area contributed by atoms with Crippen LogP contribution in [0.4, 0.5) is 0 Å². The molecular weight excluding hydrogens is 410 g/mol. The van der Waals surface area contributed by atoms with Gasteiger partial charge in [-0.3, -0.25) is 9.59 Å². The summed E-state index contributed by atoms with van der Waals surface area (Å²) in [6.45, 7) is 4.66. The van der Waals surface area contributed by atoms with E-state index in [1.54, 1.807) is 35.6 Å². The summed E-state index contributed by atoms with van der Waals surface area (Å²) in [5.41, 5.74) is 2.49. The third kappa shape index (κ3) is 4.81. The summed E-state index contributed by atoms with van der Waals surface area (Å²) in [5, 5.41) is 5.09. The normalized spacial score (nSPS) is 13.0. The zero-order chi connectivity index (χ0) is 21.7. The molecule has 1 aromatic carbocycles. The fourth-order valence-electron chi connectivity index (χ4n) is 3.39. The number of esters is 2. The van der Waals surface area contributed by atoms with Gasteiger partial charge < -0.3 is 14.4 Å². The zero-order valence-corrected chi connectivity index (χ0v) is 17.8. The smallest absolute Gasteiger partial charge is 0.359 e. The predicted octanol–water partition coefficient (Wildman–Crippen LogP) is 2.93. The van der Waals surface area contributed by atoms with Gasteiger partial charge in [-0.15, -0.1) is 0 Å². The molecule has 0 fully saturated rings. The fourth-order valence-corrected chi connectivity index (χ4v) is 3.52. The van der Waals surface area contributed by atoms with Crippen molar-refractivity contribution in [2.24, 2.45) is 0 Å². The lowest BCUT2D eigenvalue weighted by Crippen LogP contribution is -2.37. The molecule has 0 saturated heterocycles. The van der Waals surface area contributed by atoms with E-state index >= 15 is 0 Å². The maximum atomic E-state index is 12.6. The molecule has 160 valence electrons. The maximum absolute atomic E-state index is 12.6. The van der Waals surface area contributed by atoms with E-state index in [9.17, 15) is 14.4 Å². The number of ether oxygens (including phenoxy) is 2. The van der Waals surface area contributed by atoms with Crippen molar-refractivity contribution in [2.75, 3.05) is 19.8 Å². The molecule has 0 aliphatic carbocycles. The van der Waals surface area contributed by atoms with Crippen molar-refractivity contribution >= 4 is 29.4 Å². The van der Waals surface area contributed by atoms with Crippen LogP contribution >= 0.6 is 11.6 Å². The molecule has 0 saturated carbocycles. The number of aromatic nitrogens is 2. The molecule has 1 amide bonds. The monoisotopic (exact) mass is 433 g/mol. The van der Waals surface area contributed by atoms with Crippen LogP contribution < -0.4 is 0 Å². The first-order valence-electron chi connectivity index (χ1n) is 9.91. The molecule has 1 aliphatic rings. The van der Waals surface area contributed by atoms with Crippen molar-refractivity contribution < 1.29 is 23.9 Å². The van der Waals surface area contributed by atoms with Crippen molar-refractivity contribution in [3.63, 3.8) is 0 Å². The summed E-state index contributed by atoms with van der Waals surface area (Å²) in [4.78, 5) is 38.3. The van der Waals surface area contributed by atoms with E-state index in [1.165, 1.54) is 0 Å². The van der Waals surface area contributed by atoms with Gasteiger partial charge in [-0.2, -0.15) is 5.10 Å². The van der Waals surface area contributed by atoms with E-state index in [1.807, 2.05) is 12.1 Å². The molecule has 8 nitrogen and oxygen atoms in total. The summed E-state index contributed by atoms with van der Waals surface area (Å²) in [5.74, 6) is -1.09. The first-order valence-corrected chi connectivity index (χ1v) is 10.3. The van der Waals surface area contributed by atoms with E-state index in [2.05, 4.69) is 5.10 Å². The van der Waals surface area contributed by atoms with Gasteiger partial charge in [0.25, 0.3) is 0 Å². The number of benzene rings is 1. The molecule has 3 rings (SSSR count). The van der Waals surface area contributed by atoms with Crippen molar-refractivity contribution in [2.45, 2.75) is 39.7 Å². The number of rotatable bonds is 7. The highest BCUT2D eigenvalue weighted by molar-refractivity contribution is 6.30. The van der Waals surface area contributed by atoms with Crippen LogP contribution in [-0.2, 0) is 32.0 Å². The maximum Gasteiger partial charge on any atom is 0.359 e. The zero-order valence-electron chi connectivity index (χ0n) is 17.0. The number of carbonyl (C=O) groups excluding carboxylic acids is 3. The Morgan fingerprint density at radius 3 is 2.43 bits per heavy atom. The lowest BCUT2D eigenvalue weighted by atomic mass is 10.0.